The van der Waals surface area contributed by atoms with Gasteiger partial charge in [-0.15, -0.1) is 10.2 Å². The van der Waals surface area contributed by atoms with Gasteiger partial charge < -0.3 is 9.67 Å². The first-order chi connectivity index (χ1) is 8.72. The van der Waals surface area contributed by atoms with Crippen LogP contribution in [-0.2, 0) is 19.4 Å². The lowest BCUT2D eigenvalue weighted by atomic mass is 10.1. The molecule has 4 nitrogen and oxygen atoms in total. The van der Waals surface area contributed by atoms with Gasteiger partial charge >= 0.3 is 0 Å². The fourth-order valence-electron chi connectivity index (χ4n) is 2.29. The maximum Gasteiger partial charge on any atom is 0.137 e. The van der Waals surface area contributed by atoms with Crippen molar-refractivity contribution in [3.8, 4) is 0 Å². The fraction of sp³-hybridized carbons (Fsp3) is 0.385. The van der Waals surface area contributed by atoms with Crippen LogP contribution in [0.5, 0.6) is 0 Å². The van der Waals surface area contributed by atoms with Crippen LogP contribution >= 0.6 is 11.6 Å². The summed E-state index contributed by atoms with van der Waals surface area (Å²) in [4.78, 5) is 0. The molecule has 2 aromatic rings. The molecule has 5 heteroatoms. The average molecular weight is 264 g/mol. The van der Waals surface area contributed by atoms with Gasteiger partial charge in [0.05, 0.1) is 6.10 Å². The molecule has 0 aliphatic carbocycles. The lowest BCUT2D eigenvalue weighted by Gasteiger charge is -2.19. The zero-order valence-corrected chi connectivity index (χ0v) is 10.6. The van der Waals surface area contributed by atoms with Crippen LogP contribution in [0, 0.1) is 0 Å². The highest BCUT2D eigenvalue weighted by Crippen LogP contribution is 2.18. The molecule has 1 aromatic carbocycles. The molecule has 94 valence electrons. The van der Waals surface area contributed by atoms with Crippen LogP contribution in [0.1, 0.15) is 23.6 Å². The molecule has 18 heavy (non-hydrogen) atoms. The van der Waals surface area contributed by atoms with E-state index in [9.17, 15) is 5.11 Å². The second-order valence-corrected chi connectivity index (χ2v) is 5.07. The van der Waals surface area contributed by atoms with Crippen LogP contribution in [0.25, 0.3) is 0 Å². The van der Waals surface area contributed by atoms with Crippen LogP contribution in [0.15, 0.2) is 24.3 Å². The van der Waals surface area contributed by atoms with Crippen LogP contribution in [-0.4, -0.2) is 26.0 Å². The average Bonchev–Trinajstić information content (AvgIpc) is 2.74. The van der Waals surface area contributed by atoms with Gasteiger partial charge in [0.1, 0.15) is 11.6 Å². The maximum absolute atomic E-state index is 9.59. The summed E-state index contributed by atoms with van der Waals surface area (Å²) in [6, 6.07) is 7.77. The van der Waals surface area contributed by atoms with Crippen LogP contribution < -0.4 is 0 Å². The first-order valence-corrected chi connectivity index (χ1v) is 6.43. The number of aliphatic hydroxyl groups excluding tert-OH is 1. The Morgan fingerprint density at radius 1 is 1.28 bits per heavy atom. The van der Waals surface area contributed by atoms with Crippen molar-refractivity contribution in [1.29, 1.82) is 0 Å². The van der Waals surface area contributed by atoms with Crippen molar-refractivity contribution in [1.82, 2.24) is 14.8 Å². The number of halogens is 1. The number of fused-ring (bicyclic) bond motifs is 1. The third-order valence-electron chi connectivity index (χ3n) is 3.28. The third-order valence-corrected chi connectivity index (χ3v) is 3.54. The smallest absolute Gasteiger partial charge is 0.137 e. The van der Waals surface area contributed by atoms with Gasteiger partial charge in [0.2, 0.25) is 0 Å². The minimum atomic E-state index is -0.273. The summed E-state index contributed by atoms with van der Waals surface area (Å²) >= 11 is 5.86. The lowest BCUT2D eigenvalue weighted by Crippen LogP contribution is -2.24. The Hall–Kier alpha value is -1.39. The lowest BCUT2D eigenvalue weighted by molar-refractivity contribution is 0.141. The molecule has 0 fully saturated rings. The zero-order chi connectivity index (χ0) is 12.5. The van der Waals surface area contributed by atoms with E-state index in [1.165, 1.54) is 5.56 Å². The van der Waals surface area contributed by atoms with Gasteiger partial charge in [0.25, 0.3) is 0 Å². The molecule has 0 radical (unpaired) electrons. The maximum atomic E-state index is 9.59. The number of aliphatic hydroxyl groups is 1. The molecule has 1 atom stereocenters. The summed E-state index contributed by atoms with van der Waals surface area (Å²) in [7, 11) is 0. The Morgan fingerprint density at radius 3 is 2.83 bits per heavy atom. The van der Waals surface area contributed by atoms with Crippen molar-refractivity contribution in [2.45, 2.75) is 31.9 Å². The largest absolute Gasteiger partial charge is 0.393 e. The molecule has 2 heterocycles. The van der Waals surface area contributed by atoms with Crippen LogP contribution in [0.2, 0.25) is 5.02 Å². The van der Waals surface area contributed by atoms with E-state index in [-0.39, 0.29) is 6.10 Å². The molecule has 0 saturated heterocycles. The van der Waals surface area contributed by atoms with E-state index < -0.39 is 0 Å². The number of benzene rings is 1. The second-order valence-electron chi connectivity index (χ2n) is 4.63. The van der Waals surface area contributed by atoms with E-state index in [4.69, 9.17) is 11.6 Å². The number of hydrogen-bond acceptors (Lipinski definition) is 3. The number of rotatable bonds is 2. The molecular weight excluding hydrogens is 250 g/mol. The first kappa shape index (κ1) is 11.7. The van der Waals surface area contributed by atoms with Crippen molar-refractivity contribution in [2.75, 3.05) is 0 Å². The van der Waals surface area contributed by atoms with Gasteiger partial charge in [-0.1, -0.05) is 23.7 Å². The topological polar surface area (TPSA) is 50.9 Å². The summed E-state index contributed by atoms with van der Waals surface area (Å²) in [5.74, 6) is 1.84. The molecule has 0 saturated carbocycles. The van der Waals surface area contributed by atoms with E-state index in [1.54, 1.807) is 0 Å². The highest BCUT2D eigenvalue weighted by atomic mass is 35.5. The quantitative estimate of drug-likeness (QED) is 0.899. The van der Waals surface area contributed by atoms with Crippen molar-refractivity contribution in [2.24, 2.45) is 0 Å². The summed E-state index contributed by atoms with van der Waals surface area (Å²) in [5.41, 5.74) is 1.17. The Morgan fingerprint density at radius 2 is 2.06 bits per heavy atom. The van der Waals surface area contributed by atoms with Crippen LogP contribution in [0.3, 0.4) is 0 Å². The van der Waals surface area contributed by atoms with Gasteiger partial charge in [-0.25, -0.2) is 0 Å². The van der Waals surface area contributed by atoms with E-state index in [0.717, 1.165) is 36.1 Å². The van der Waals surface area contributed by atoms with Gasteiger partial charge in [-0.05, 0) is 24.1 Å². The number of aromatic nitrogens is 3. The molecule has 1 aromatic heterocycles. The van der Waals surface area contributed by atoms with Crippen molar-refractivity contribution in [3.63, 3.8) is 0 Å². The molecule has 1 aliphatic rings. The number of nitrogens with zero attached hydrogens (tertiary/aromatic N) is 3. The Labute approximate surface area is 110 Å². The highest BCUT2D eigenvalue weighted by Gasteiger charge is 2.21. The van der Waals surface area contributed by atoms with Crippen LogP contribution in [0.4, 0.5) is 0 Å². The normalized spacial score (nSPS) is 18.7. The predicted octanol–water partition coefficient (Wildman–Crippen LogP) is 1.83. The predicted molar refractivity (Wildman–Crippen MR) is 68.6 cm³/mol. The Bertz CT molecular complexity index is 550. The third kappa shape index (κ3) is 2.26. The van der Waals surface area contributed by atoms with E-state index >= 15 is 0 Å². The first-order valence-electron chi connectivity index (χ1n) is 6.06. The van der Waals surface area contributed by atoms with E-state index in [1.807, 2.05) is 24.3 Å². The van der Waals surface area contributed by atoms with Gasteiger partial charge in [-0.3, -0.25) is 0 Å². The molecule has 1 N–H and O–H groups in total. The zero-order valence-electron chi connectivity index (χ0n) is 9.88. The molecule has 1 unspecified atom stereocenters. The standard InChI is InChI=1S/C13H14ClN3O/c14-10-3-1-9(2-4-10)7-12-15-16-13-8-11(18)5-6-17(12)13/h1-4,11,18H,5-8H2. The van der Waals surface area contributed by atoms with Gasteiger partial charge in [0, 0.05) is 24.4 Å². The van der Waals surface area contributed by atoms with Crippen molar-refractivity contribution >= 4 is 11.6 Å². The Kier molecular flexibility index (Phi) is 3.06. The second kappa shape index (κ2) is 4.71. The molecular formula is C13H14ClN3O. The van der Waals surface area contributed by atoms with E-state index in [0.29, 0.717) is 6.42 Å². The fourth-order valence-corrected chi connectivity index (χ4v) is 2.41. The van der Waals surface area contributed by atoms with Crippen molar-refractivity contribution < 1.29 is 5.11 Å². The SMILES string of the molecule is OC1CCn2c(Cc3ccc(Cl)cc3)nnc2C1. The summed E-state index contributed by atoms with van der Waals surface area (Å²) in [6.07, 6.45) is 1.86. The van der Waals surface area contributed by atoms with E-state index in [2.05, 4.69) is 14.8 Å². The molecule has 3 rings (SSSR count). The molecule has 0 amide bonds. The Balaban J connectivity index is 1.83. The summed E-state index contributed by atoms with van der Waals surface area (Å²) < 4.78 is 2.11. The number of hydrogen-bond donors (Lipinski definition) is 1. The summed E-state index contributed by atoms with van der Waals surface area (Å²) in [6.45, 7) is 0.798. The van der Waals surface area contributed by atoms with Gasteiger partial charge in [-0.2, -0.15) is 0 Å². The summed E-state index contributed by atoms with van der Waals surface area (Å²) in [5, 5.41) is 18.7. The van der Waals surface area contributed by atoms with Crippen molar-refractivity contribution in [3.05, 3.63) is 46.5 Å². The van der Waals surface area contributed by atoms with Gasteiger partial charge in [0.15, 0.2) is 0 Å². The monoisotopic (exact) mass is 263 g/mol. The highest BCUT2D eigenvalue weighted by molar-refractivity contribution is 6.30. The molecule has 0 spiro atoms. The minimum absolute atomic E-state index is 0.273. The minimum Gasteiger partial charge on any atom is -0.393 e. The molecule has 0 bridgehead atoms. The molecule has 1 aliphatic heterocycles.